The molecule has 5 heteroatoms. The Morgan fingerprint density at radius 2 is 1.92 bits per heavy atom. The molecule has 0 fully saturated rings. The molecule has 2 nitrogen and oxygen atoms in total. The van der Waals surface area contributed by atoms with Crippen LogP contribution in [0.5, 0.6) is 0 Å². The molecule has 1 heterocycles. The van der Waals surface area contributed by atoms with Crippen LogP contribution in [0.15, 0.2) is 35.3 Å². The van der Waals surface area contributed by atoms with Gasteiger partial charge >= 0.3 is 0 Å². The third-order valence-corrected chi connectivity index (χ3v) is 5.62. The fourth-order valence-electron chi connectivity index (χ4n) is 3.41. The van der Waals surface area contributed by atoms with Crippen LogP contribution in [0.1, 0.15) is 44.2 Å². The van der Waals surface area contributed by atoms with E-state index in [0.29, 0.717) is 16.6 Å². The predicted octanol–water partition coefficient (Wildman–Crippen LogP) is 6.61. The van der Waals surface area contributed by atoms with Gasteiger partial charge in [0.1, 0.15) is 5.82 Å². The van der Waals surface area contributed by atoms with Gasteiger partial charge in [-0.3, -0.25) is 4.99 Å². The lowest BCUT2D eigenvalue weighted by molar-refractivity contribution is 0.395. The van der Waals surface area contributed by atoms with Gasteiger partial charge in [0.2, 0.25) is 0 Å². The fourth-order valence-corrected chi connectivity index (χ4v) is 3.79. The number of aliphatic imine (C=N–C) groups is 1. The van der Waals surface area contributed by atoms with Gasteiger partial charge in [-0.05, 0) is 62.1 Å². The Hall–Kier alpha value is -1.58. The van der Waals surface area contributed by atoms with Gasteiger partial charge in [-0.2, -0.15) is 0 Å². The number of benzene rings is 2. The highest BCUT2D eigenvalue weighted by molar-refractivity contribution is 6.33. The summed E-state index contributed by atoms with van der Waals surface area (Å²) in [4.78, 5) is 6.67. The van der Waals surface area contributed by atoms with Crippen molar-refractivity contribution in [3.8, 4) is 0 Å². The first-order chi connectivity index (χ1) is 11.7. The molecule has 25 heavy (non-hydrogen) atoms. The molecule has 0 aromatic heterocycles. The zero-order valence-electron chi connectivity index (χ0n) is 14.8. The number of hydrogen-bond donors (Lipinski definition) is 0. The molecule has 0 radical (unpaired) electrons. The van der Waals surface area contributed by atoms with Gasteiger partial charge in [0, 0.05) is 30.1 Å². The highest BCUT2D eigenvalue weighted by atomic mass is 35.5. The summed E-state index contributed by atoms with van der Waals surface area (Å²) in [5.41, 5.74) is 3.96. The van der Waals surface area contributed by atoms with Crippen molar-refractivity contribution in [3.63, 3.8) is 0 Å². The highest BCUT2D eigenvalue weighted by Gasteiger charge is 2.34. The van der Waals surface area contributed by atoms with Crippen LogP contribution in [-0.2, 0) is 0 Å². The van der Waals surface area contributed by atoms with Crippen LogP contribution >= 0.6 is 23.2 Å². The summed E-state index contributed by atoms with van der Waals surface area (Å²) in [7, 11) is 2.11. The Balaban J connectivity index is 1.98. The minimum absolute atomic E-state index is 0.0590. The van der Waals surface area contributed by atoms with Crippen LogP contribution < -0.4 is 4.90 Å². The number of nitrogens with zero attached hydrogens (tertiary/aromatic N) is 2. The van der Waals surface area contributed by atoms with Gasteiger partial charge in [0.15, 0.2) is 0 Å². The third kappa shape index (κ3) is 3.54. The summed E-state index contributed by atoms with van der Waals surface area (Å²) in [5.74, 6) is -0.0159. The first-order valence-corrected chi connectivity index (χ1v) is 9.01. The molecule has 2 aromatic carbocycles. The molecule has 1 aliphatic rings. The van der Waals surface area contributed by atoms with Gasteiger partial charge in [0.05, 0.1) is 15.7 Å². The second-order valence-electron chi connectivity index (χ2n) is 7.27. The third-order valence-electron chi connectivity index (χ3n) is 5.01. The van der Waals surface area contributed by atoms with Gasteiger partial charge < -0.3 is 4.90 Å². The van der Waals surface area contributed by atoms with E-state index in [1.165, 1.54) is 17.7 Å². The molecule has 0 N–H and O–H groups in total. The van der Waals surface area contributed by atoms with Crippen molar-refractivity contribution in [1.29, 1.82) is 0 Å². The smallest absolute Gasteiger partial charge is 0.141 e. The maximum Gasteiger partial charge on any atom is 0.141 e. The standard InChI is InChI=1S/C20H21Cl2FN2/c1-12-10-20(2,3)25(4)19-9-16(21)13(7-15(12)19)11-24-14-5-6-18(23)17(22)8-14/h5-9,11-12H,10H2,1-4H3. The van der Waals surface area contributed by atoms with E-state index in [9.17, 15) is 4.39 Å². The van der Waals surface area contributed by atoms with E-state index in [2.05, 4.69) is 43.8 Å². The summed E-state index contributed by atoms with van der Waals surface area (Å²) in [6.45, 7) is 6.73. The molecule has 0 saturated carbocycles. The maximum absolute atomic E-state index is 13.2. The summed E-state index contributed by atoms with van der Waals surface area (Å²) in [5, 5.41) is 0.705. The molecule has 1 atom stereocenters. The topological polar surface area (TPSA) is 15.6 Å². The Labute approximate surface area is 158 Å². The molecule has 1 unspecified atom stereocenters. The first-order valence-electron chi connectivity index (χ1n) is 8.25. The summed E-state index contributed by atoms with van der Waals surface area (Å²) in [6.07, 6.45) is 2.78. The summed E-state index contributed by atoms with van der Waals surface area (Å²) >= 11 is 12.3. The molecule has 0 amide bonds. The van der Waals surface area contributed by atoms with Crippen LogP contribution in [0.3, 0.4) is 0 Å². The fraction of sp³-hybridized carbons (Fsp3) is 0.350. The van der Waals surface area contributed by atoms with Crippen LogP contribution in [-0.4, -0.2) is 18.8 Å². The number of rotatable bonds is 2. The van der Waals surface area contributed by atoms with Crippen molar-refractivity contribution >= 4 is 40.8 Å². The number of hydrogen-bond acceptors (Lipinski definition) is 2. The van der Waals surface area contributed by atoms with Crippen LogP contribution in [0.2, 0.25) is 10.0 Å². The van der Waals surface area contributed by atoms with Gasteiger partial charge in [-0.1, -0.05) is 30.1 Å². The van der Waals surface area contributed by atoms with Crippen molar-refractivity contribution in [3.05, 3.63) is 57.3 Å². The highest BCUT2D eigenvalue weighted by Crippen LogP contribution is 2.44. The normalized spacial score (nSPS) is 19.3. The molecule has 0 spiro atoms. The number of anilines is 1. The second kappa shape index (κ2) is 6.62. The Morgan fingerprint density at radius 3 is 2.60 bits per heavy atom. The SMILES string of the molecule is CC1CC(C)(C)N(C)c2cc(Cl)c(C=Nc3ccc(F)c(Cl)c3)cc21. The molecule has 2 aromatic rings. The van der Waals surface area contributed by atoms with Gasteiger partial charge in [-0.15, -0.1) is 0 Å². The lowest BCUT2D eigenvalue weighted by Crippen LogP contribution is -2.45. The molecule has 132 valence electrons. The van der Waals surface area contributed by atoms with Gasteiger partial charge in [-0.25, -0.2) is 4.39 Å². The van der Waals surface area contributed by atoms with Crippen LogP contribution in [0.4, 0.5) is 15.8 Å². The van der Waals surface area contributed by atoms with Crippen molar-refractivity contribution in [2.24, 2.45) is 4.99 Å². The van der Waals surface area contributed by atoms with E-state index >= 15 is 0 Å². The van der Waals surface area contributed by atoms with Crippen LogP contribution in [0, 0.1) is 5.82 Å². The zero-order chi connectivity index (χ0) is 18.4. The number of halogens is 3. The summed E-state index contributed by atoms with van der Waals surface area (Å²) in [6, 6.07) is 8.50. The predicted molar refractivity (Wildman–Crippen MR) is 106 cm³/mol. The monoisotopic (exact) mass is 378 g/mol. The average molecular weight is 379 g/mol. The lowest BCUT2D eigenvalue weighted by atomic mass is 9.80. The largest absolute Gasteiger partial charge is 0.369 e. The van der Waals surface area contributed by atoms with Crippen molar-refractivity contribution in [2.45, 2.75) is 38.6 Å². The minimum atomic E-state index is -0.452. The van der Waals surface area contributed by atoms with Crippen molar-refractivity contribution in [1.82, 2.24) is 0 Å². The Bertz CT molecular complexity index is 846. The summed E-state index contributed by atoms with van der Waals surface area (Å²) < 4.78 is 13.2. The second-order valence-corrected chi connectivity index (χ2v) is 8.08. The van der Waals surface area contributed by atoms with E-state index < -0.39 is 5.82 Å². The van der Waals surface area contributed by atoms with E-state index in [4.69, 9.17) is 23.2 Å². The Kier molecular flexibility index (Phi) is 4.82. The quantitative estimate of drug-likeness (QED) is 0.537. The number of fused-ring (bicyclic) bond motifs is 1. The average Bonchev–Trinajstić information content (AvgIpc) is 2.54. The van der Waals surface area contributed by atoms with E-state index in [-0.39, 0.29) is 10.6 Å². The lowest BCUT2D eigenvalue weighted by Gasteiger charge is -2.45. The molecule has 0 saturated heterocycles. The van der Waals surface area contributed by atoms with Gasteiger partial charge in [0.25, 0.3) is 0 Å². The molecule has 3 rings (SSSR count). The maximum atomic E-state index is 13.2. The van der Waals surface area contributed by atoms with Crippen molar-refractivity contribution < 1.29 is 4.39 Å². The van der Waals surface area contributed by atoms with E-state index in [1.54, 1.807) is 12.3 Å². The van der Waals surface area contributed by atoms with Crippen LogP contribution in [0.25, 0.3) is 0 Å². The molecular formula is C20H21Cl2FN2. The first kappa shape index (κ1) is 18.2. The molecule has 0 bridgehead atoms. The molecule has 0 aliphatic carbocycles. The van der Waals surface area contributed by atoms with Crippen molar-refractivity contribution in [2.75, 3.05) is 11.9 Å². The molecule has 1 aliphatic heterocycles. The van der Waals surface area contributed by atoms with E-state index in [0.717, 1.165) is 17.7 Å². The minimum Gasteiger partial charge on any atom is -0.369 e. The molecular weight excluding hydrogens is 358 g/mol. The van der Waals surface area contributed by atoms with E-state index in [1.807, 2.05) is 6.07 Å². The zero-order valence-corrected chi connectivity index (χ0v) is 16.3. The Morgan fingerprint density at radius 1 is 1.20 bits per heavy atom.